The zero-order valence-corrected chi connectivity index (χ0v) is 17.2. The van der Waals surface area contributed by atoms with Crippen molar-refractivity contribution in [2.24, 2.45) is 11.8 Å². The number of hydrogen-bond acceptors (Lipinski definition) is 4. The fourth-order valence-electron chi connectivity index (χ4n) is 4.20. The summed E-state index contributed by atoms with van der Waals surface area (Å²) in [4.78, 5) is 17.5. The molecule has 0 bridgehead atoms. The first-order valence-corrected chi connectivity index (χ1v) is 10.4. The molecular weight excluding hydrogens is 340 g/mol. The second kappa shape index (κ2) is 8.96. The van der Waals surface area contributed by atoms with Crippen LogP contribution in [0.25, 0.3) is 0 Å². The van der Waals surface area contributed by atoms with E-state index < -0.39 is 0 Å². The zero-order valence-electron chi connectivity index (χ0n) is 17.2. The molecule has 27 heavy (non-hydrogen) atoms. The molecule has 1 atom stereocenters. The van der Waals surface area contributed by atoms with Gasteiger partial charge in [0.15, 0.2) is 11.5 Å². The van der Waals surface area contributed by atoms with E-state index in [0.29, 0.717) is 31.6 Å². The predicted octanol–water partition coefficient (Wildman–Crippen LogP) is 3.74. The smallest absolute Gasteiger partial charge is 0.237 e. The Hall–Kier alpha value is -1.75. The Balaban J connectivity index is 1.70. The van der Waals surface area contributed by atoms with Gasteiger partial charge in [0.1, 0.15) is 13.2 Å². The highest BCUT2D eigenvalue weighted by Gasteiger charge is 2.31. The molecule has 2 heterocycles. The van der Waals surface area contributed by atoms with Gasteiger partial charge in [0.2, 0.25) is 5.91 Å². The normalized spacial score (nSPS) is 19.4. The van der Waals surface area contributed by atoms with Crippen LogP contribution in [0.2, 0.25) is 0 Å². The molecule has 1 amide bonds. The summed E-state index contributed by atoms with van der Waals surface area (Å²) in [5.41, 5.74) is 1.16. The molecular formula is C22H34N2O3. The van der Waals surface area contributed by atoms with Crippen molar-refractivity contribution in [2.45, 2.75) is 46.6 Å². The maximum atomic E-state index is 13.1. The highest BCUT2D eigenvalue weighted by atomic mass is 16.6. The summed E-state index contributed by atoms with van der Waals surface area (Å²) in [5, 5.41) is 0. The second-order valence-corrected chi connectivity index (χ2v) is 8.63. The van der Waals surface area contributed by atoms with Crippen LogP contribution in [0.15, 0.2) is 18.2 Å². The largest absolute Gasteiger partial charge is 0.486 e. The lowest BCUT2D eigenvalue weighted by Gasteiger charge is -2.31. The Labute approximate surface area is 163 Å². The first-order chi connectivity index (χ1) is 12.9. The van der Waals surface area contributed by atoms with Crippen molar-refractivity contribution in [1.82, 2.24) is 9.80 Å². The minimum atomic E-state index is 0.147. The second-order valence-electron chi connectivity index (χ2n) is 8.63. The van der Waals surface area contributed by atoms with Crippen LogP contribution in [0.1, 0.15) is 52.1 Å². The van der Waals surface area contributed by atoms with Crippen LogP contribution in [-0.2, 0) is 4.79 Å². The molecule has 0 aliphatic carbocycles. The van der Waals surface area contributed by atoms with Crippen molar-refractivity contribution >= 4 is 5.91 Å². The summed E-state index contributed by atoms with van der Waals surface area (Å²) in [6, 6.07) is 6.27. The molecule has 1 saturated heterocycles. The van der Waals surface area contributed by atoms with Crippen LogP contribution in [0.4, 0.5) is 0 Å². The Morgan fingerprint density at radius 1 is 1.11 bits per heavy atom. The molecule has 1 fully saturated rings. The lowest BCUT2D eigenvalue weighted by atomic mass is 10.0. The third-order valence-corrected chi connectivity index (χ3v) is 5.13. The van der Waals surface area contributed by atoms with Crippen LogP contribution in [0.3, 0.4) is 0 Å². The van der Waals surface area contributed by atoms with E-state index >= 15 is 0 Å². The lowest BCUT2D eigenvalue weighted by Crippen LogP contribution is -2.42. The molecule has 150 valence electrons. The molecule has 0 aromatic heterocycles. The maximum Gasteiger partial charge on any atom is 0.237 e. The van der Waals surface area contributed by atoms with Gasteiger partial charge >= 0.3 is 0 Å². The van der Waals surface area contributed by atoms with Gasteiger partial charge in [-0.2, -0.15) is 0 Å². The number of fused-ring (bicyclic) bond motifs is 1. The Morgan fingerprint density at radius 2 is 1.78 bits per heavy atom. The maximum absolute atomic E-state index is 13.1. The standard InChI is InChI=1S/C22H34N2O3/c1-16(2)13-23(14-17(3)4)15-22(25)24-9-5-6-19(24)18-7-8-20-21(12-18)27-11-10-26-20/h7-8,12,16-17,19H,5-6,9-11,13-15H2,1-4H3. The SMILES string of the molecule is CC(C)CN(CC(=O)N1CCCC1c1ccc2c(c1)OCCO2)CC(C)C. The first kappa shape index (κ1) is 20.0. The number of rotatable bonds is 7. The Bertz CT molecular complexity index is 634. The quantitative estimate of drug-likeness (QED) is 0.729. The van der Waals surface area contributed by atoms with Crippen LogP contribution in [-0.4, -0.2) is 55.1 Å². The predicted molar refractivity (Wildman–Crippen MR) is 107 cm³/mol. The van der Waals surface area contributed by atoms with E-state index in [1.807, 2.05) is 6.07 Å². The molecule has 0 saturated carbocycles. The van der Waals surface area contributed by atoms with Gasteiger partial charge in [-0.1, -0.05) is 33.8 Å². The van der Waals surface area contributed by atoms with Crippen LogP contribution in [0.5, 0.6) is 11.5 Å². The van der Waals surface area contributed by atoms with Crippen LogP contribution in [0, 0.1) is 11.8 Å². The monoisotopic (exact) mass is 374 g/mol. The Kier molecular flexibility index (Phi) is 6.64. The number of ether oxygens (including phenoxy) is 2. The summed E-state index contributed by atoms with van der Waals surface area (Å²) < 4.78 is 11.4. The van der Waals surface area contributed by atoms with Crippen molar-refractivity contribution in [3.05, 3.63) is 23.8 Å². The number of carbonyl (C=O) groups is 1. The molecule has 5 nitrogen and oxygen atoms in total. The minimum absolute atomic E-state index is 0.147. The fourth-order valence-corrected chi connectivity index (χ4v) is 4.20. The third kappa shape index (κ3) is 5.16. The topological polar surface area (TPSA) is 42.0 Å². The highest BCUT2D eigenvalue weighted by molar-refractivity contribution is 5.79. The van der Waals surface area contributed by atoms with Crippen molar-refractivity contribution in [3.8, 4) is 11.5 Å². The van der Waals surface area contributed by atoms with Gasteiger partial charge in [-0.05, 0) is 42.4 Å². The molecule has 3 rings (SSSR count). The van der Waals surface area contributed by atoms with E-state index in [9.17, 15) is 4.79 Å². The summed E-state index contributed by atoms with van der Waals surface area (Å²) in [6.45, 7) is 13.3. The number of nitrogens with zero attached hydrogens (tertiary/aromatic N) is 2. The first-order valence-electron chi connectivity index (χ1n) is 10.4. The van der Waals surface area contributed by atoms with Gasteiger partial charge in [0.25, 0.3) is 0 Å². The molecule has 5 heteroatoms. The molecule has 0 radical (unpaired) electrons. The van der Waals surface area contributed by atoms with Gasteiger partial charge < -0.3 is 14.4 Å². The number of amides is 1. The molecule has 0 N–H and O–H groups in total. The van der Waals surface area contributed by atoms with E-state index in [1.165, 1.54) is 0 Å². The zero-order chi connectivity index (χ0) is 19.4. The van der Waals surface area contributed by atoms with E-state index in [1.54, 1.807) is 0 Å². The fraction of sp³-hybridized carbons (Fsp3) is 0.682. The molecule has 1 aromatic rings. The van der Waals surface area contributed by atoms with Gasteiger partial charge in [0, 0.05) is 19.6 Å². The van der Waals surface area contributed by atoms with Crippen LogP contribution < -0.4 is 9.47 Å². The van der Waals surface area contributed by atoms with Gasteiger partial charge in [-0.3, -0.25) is 9.69 Å². The van der Waals surface area contributed by atoms with Gasteiger partial charge in [-0.25, -0.2) is 0 Å². The molecule has 1 aromatic carbocycles. The molecule has 2 aliphatic rings. The van der Waals surface area contributed by atoms with Gasteiger partial charge in [0.05, 0.1) is 12.6 Å². The van der Waals surface area contributed by atoms with E-state index in [4.69, 9.17) is 9.47 Å². The minimum Gasteiger partial charge on any atom is -0.486 e. The average Bonchev–Trinajstić information content (AvgIpc) is 3.10. The third-order valence-electron chi connectivity index (χ3n) is 5.13. The van der Waals surface area contributed by atoms with E-state index in [-0.39, 0.29) is 11.9 Å². The Morgan fingerprint density at radius 3 is 2.44 bits per heavy atom. The summed E-state index contributed by atoms with van der Waals surface area (Å²) in [6.07, 6.45) is 2.07. The summed E-state index contributed by atoms with van der Waals surface area (Å²) in [7, 11) is 0. The van der Waals surface area contributed by atoms with E-state index in [0.717, 1.165) is 49.5 Å². The van der Waals surface area contributed by atoms with Gasteiger partial charge in [-0.15, -0.1) is 0 Å². The van der Waals surface area contributed by atoms with Crippen molar-refractivity contribution < 1.29 is 14.3 Å². The van der Waals surface area contributed by atoms with Crippen LogP contribution >= 0.6 is 0 Å². The summed E-state index contributed by atoms with van der Waals surface area (Å²) in [5.74, 6) is 2.97. The summed E-state index contributed by atoms with van der Waals surface area (Å²) >= 11 is 0. The molecule has 2 aliphatic heterocycles. The number of hydrogen-bond donors (Lipinski definition) is 0. The highest BCUT2D eigenvalue weighted by Crippen LogP contribution is 2.38. The molecule has 0 spiro atoms. The number of carbonyl (C=O) groups excluding carboxylic acids is 1. The molecule has 1 unspecified atom stereocenters. The van der Waals surface area contributed by atoms with Crippen molar-refractivity contribution in [3.63, 3.8) is 0 Å². The van der Waals surface area contributed by atoms with Crippen molar-refractivity contribution in [2.75, 3.05) is 39.4 Å². The van der Waals surface area contributed by atoms with Crippen molar-refractivity contribution in [1.29, 1.82) is 0 Å². The lowest BCUT2D eigenvalue weighted by molar-refractivity contribution is -0.133. The number of likely N-dealkylation sites (tertiary alicyclic amines) is 1. The average molecular weight is 375 g/mol. The van der Waals surface area contributed by atoms with E-state index in [2.05, 4.69) is 49.6 Å². The number of benzene rings is 1.